The standard InChI is InChI=1S/C19H18N4O2S/c1-19(2,3)18-21-15(23-25-18)11-26-17-12-7-4-5-8-13(12)20-16(22-17)14-9-6-10-24-14/h4-10H,11H2,1-3H3. The van der Waals surface area contributed by atoms with Crippen molar-refractivity contribution >= 4 is 22.7 Å². The summed E-state index contributed by atoms with van der Waals surface area (Å²) in [5, 5.41) is 5.94. The molecule has 4 aromatic rings. The van der Waals surface area contributed by atoms with E-state index in [2.05, 4.69) is 20.1 Å². The fourth-order valence-electron chi connectivity index (χ4n) is 2.42. The van der Waals surface area contributed by atoms with Crippen molar-refractivity contribution in [3.63, 3.8) is 0 Å². The van der Waals surface area contributed by atoms with E-state index in [0.29, 0.717) is 29.1 Å². The molecule has 0 amide bonds. The molecular formula is C19H18N4O2S. The Bertz CT molecular complexity index is 1040. The lowest BCUT2D eigenvalue weighted by molar-refractivity contribution is 0.319. The lowest BCUT2D eigenvalue weighted by atomic mass is 9.97. The van der Waals surface area contributed by atoms with Crippen molar-refractivity contribution in [1.82, 2.24) is 20.1 Å². The molecule has 0 saturated heterocycles. The van der Waals surface area contributed by atoms with Gasteiger partial charge in [-0.15, -0.1) is 0 Å². The summed E-state index contributed by atoms with van der Waals surface area (Å²) in [6.07, 6.45) is 1.62. The Morgan fingerprint density at radius 1 is 1.00 bits per heavy atom. The molecule has 7 heteroatoms. The van der Waals surface area contributed by atoms with E-state index in [0.717, 1.165) is 15.9 Å². The average molecular weight is 366 g/mol. The molecule has 0 radical (unpaired) electrons. The van der Waals surface area contributed by atoms with Crippen molar-refractivity contribution in [2.45, 2.75) is 37.0 Å². The van der Waals surface area contributed by atoms with Crippen LogP contribution in [0.2, 0.25) is 0 Å². The molecule has 3 heterocycles. The van der Waals surface area contributed by atoms with E-state index < -0.39 is 0 Å². The molecular weight excluding hydrogens is 348 g/mol. The topological polar surface area (TPSA) is 77.8 Å². The van der Waals surface area contributed by atoms with Crippen LogP contribution in [0.4, 0.5) is 0 Å². The zero-order valence-electron chi connectivity index (χ0n) is 14.8. The number of nitrogens with zero attached hydrogens (tertiary/aromatic N) is 4. The molecule has 26 heavy (non-hydrogen) atoms. The highest BCUT2D eigenvalue weighted by Gasteiger charge is 2.22. The number of fused-ring (bicyclic) bond motifs is 1. The molecule has 0 saturated carbocycles. The maximum Gasteiger partial charge on any atom is 0.232 e. The summed E-state index contributed by atoms with van der Waals surface area (Å²) in [5.74, 6) is 3.07. The second-order valence-electron chi connectivity index (χ2n) is 6.90. The molecule has 3 aromatic heterocycles. The van der Waals surface area contributed by atoms with E-state index in [1.54, 1.807) is 18.0 Å². The first-order valence-electron chi connectivity index (χ1n) is 8.27. The largest absolute Gasteiger partial charge is 0.461 e. The minimum absolute atomic E-state index is 0.163. The summed E-state index contributed by atoms with van der Waals surface area (Å²) in [7, 11) is 0. The van der Waals surface area contributed by atoms with Crippen LogP contribution in [0.5, 0.6) is 0 Å². The number of hydrogen-bond donors (Lipinski definition) is 0. The molecule has 0 unspecified atom stereocenters. The van der Waals surface area contributed by atoms with Gasteiger partial charge in [0, 0.05) is 10.8 Å². The number of thioether (sulfide) groups is 1. The Morgan fingerprint density at radius 3 is 2.58 bits per heavy atom. The van der Waals surface area contributed by atoms with Crippen LogP contribution in [0, 0.1) is 0 Å². The van der Waals surface area contributed by atoms with Gasteiger partial charge in [0.05, 0.1) is 17.5 Å². The smallest absolute Gasteiger partial charge is 0.232 e. The zero-order valence-corrected chi connectivity index (χ0v) is 15.6. The minimum Gasteiger partial charge on any atom is -0.461 e. The normalized spacial score (nSPS) is 12.0. The number of furan rings is 1. The Morgan fingerprint density at radius 2 is 1.85 bits per heavy atom. The lowest BCUT2D eigenvalue weighted by Gasteiger charge is -2.10. The van der Waals surface area contributed by atoms with Crippen LogP contribution < -0.4 is 0 Å². The van der Waals surface area contributed by atoms with Gasteiger partial charge in [-0.2, -0.15) is 4.98 Å². The third-order valence-electron chi connectivity index (χ3n) is 3.76. The maximum atomic E-state index is 5.45. The van der Waals surface area contributed by atoms with Gasteiger partial charge in [0.1, 0.15) is 5.03 Å². The number of hydrogen-bond acceptors (Lipinski definition) is 7. The number of benzene rings is 1. The van der Waals surface area contributed by atoms with Gasteiger partial charge < -0.3 is 8.94 Å². The van der Waals surface area contributed by atoms with Gasteiger partial charge >= 0.3 is 0 Å². The van der Waals surface area contributed by atoms with E-state index in [1.807, 2.05) is 57.2 Å². The summed E-state index contributed by atoms with van der Waals surface area (Å²) >= 11 is 1.56. The van der Waals surface area contributed by atoms with Crippen LogP contribution >= 0.6 is 11.8 Å². The third-order valence-corrected chi connectivity index (χ3v) is 4.74. The van der Waals surface area contributed by atoms with Gasteiger partial charge in [0.15, 0.2) is 17.4 Å². The van der Waals surface area contributed by atoms with Crippen LogP contribution in [0.3, 0.4) is 0 Å². The van der Waals surface area contributed by atoms with Crippen LogP contribution in [0.15, 0.2) is 56.6 Å². The molecule has 1 aromatic carbocycles. The minimum atomic E-state index is -0.163. The van der Waals surface area contributed by atoms with E-state index in [-0.39, 0.29) is 5.41 Å². The predicted molar refractivity (Wildman–Crippen MR) is 99.8 cm³/mol. The molecule has 0 atom stereocenters. The summed E-state index contributed by atoms with van der Waals surface area (Å²) in [6, 6.07) is 11.6. The van der Waals surface area contributed by atoms with Crippen molar-refractivity contribution in [2.24, 2.45) is 0 Å². The lowest BCUT2D eigenvalue weighted by Crippen LogP contribution is -2.11. The van der Waals surface area contributed by atoms with E-state index in [4.69, 9.17) is 8.94 Å². The monoisotopic (exact) mass is 366 g/mol. The molecule has 0 N–H and O–H groups in total. The first-order chi connectivity index (χ1) is 12.5. The Labute approximate surface area is 155 Å². The molecule has 0 bridgehead atoms. The second kappa shape index (κ2) is 6.57. The summed E-state index contributed by atoms with van der Waals surface area (Å²) in [5.41, 5.74) is 0.712. The van der Waals surface area contributed by atoms with Gasteiger partial charge in [0.2, 0.25) is 5.89 Å². The zero-order chi connectivity index (χ0) is 18.1. The Kier molecular flexibility index (Phi) is 4.24. The molecule has 4 rings (SSSR count). The first-order valence-corrected chi connectivity index (χ1v) is 9.26. The summed E-state index contributed by atoms with van der Waals surface area (Å²) in [6.45, 7) is 6.14. The van der Waals surface area contributed by atoms with E-state index in [1.165, 1.54) is 0 Å². The van der Waals surface area contributed by atoms with Crippen LogP contribution in [-0.4, -0.2) is 20.1 Å². The fourth-order valence-corrected chi connectivity index (χ4v) is 3.29. The van der Waals surface area contributed by atoms with Crippen LogP contribution in [0.25, 0.3) is 22.5 Å². The SMILES string of the molecule is CC(C)(C)c1nc(CSc2nc(-c3ccco3)nc3ccccc23)no1. The summed E-state index contributed by atoms with van der Waals surface area (Å²) in [4.78, 5) is 13.8. The van der Waals surface area contributed by atoms with Gasteiger partial charge in [-0.1, -0.05) is 55.9 Å². The third kappa shape index (κ3) is 3.35. The van der Waals surface area contributed by atoms with Gasteiger partial charge in [-0.25, -0.2) is 9.97 Å². The Balaban J connectivity index is 1.66. The fraction of sp³-hybridized carbons (Fsp3) is 0.263. The van der Waals surface area contributed by atoms with E-state index >= 15 is 0 Å². The van der Waals surface area contributed by atoms with Gasteiger partial charge in [-0.3, -0.25) is 0 Å². The van der Waals surface area contributed by atoms with Gasteiger partial charge in [-0.05, 0) is 18.2 Å². The highest BCUT2D eigenvalue weighted by Crippen LogP contribution is 2.30. The first kappa shape index (κ1) is 16.8. The molecule has 0 aliphatic carbocycles. The van der Waals surface area contributed by atoms with Crippen molar-refractivity contribution < 1.29 is 8.94 Å². The number of para-hydroxylation sites is 1. The molecule has 132 valence electrons. The van der Waals surface area contributed by atoms with Gasteiger partial charge in [0.25, 0.3) is 0 Å². The molecule has 0 aliphatic rings. The highest BCUT2D eigenvalue weighted by atomic mass is 32.2. The molecule has 6 nitrogen and oxygen atoms in total. The maximum absolute atomic E-state index is 5.45. The number of rotatable bonds is 4. The van der Waals surface area contributed by atoms with Crippen molar-refractivity contribution in [3.8, 4) is 11.6 Å². The summed E-state index contributed by atoms with van der Waals surface area (Å²) < 4.78 is 10.8. The molecule has 0 spiro atoms. The molecule has 0 fully saturated rings. The van der Waals surface area contributed by atoms with Crippen LogP contribution in [0.1, 0.15) is 32.5 Å². The molecule has 0 aliphatic heterocycles. The highest BCUT2D eigenvalue weighted by molar-refractivity contribution is 7.98. The number of aromatic nitrogens is 4. The average Bonchev–Trinajstić information content (AvgIpc) is 3.30. The van der Waals surface area contributed by atoms with Crippen molar-refractivity contribution in [2.75, 3.05) is 0 Å². The van der Waals surface area contributed by atoms with Crippen molar-refractivity contribution in [1.29, 1.82) is 0 Å². The van der Waals surface area contributed by atoms with Crippen LogP contribution in [-0.2, 0) is 11.2 Å². The van der Waals surface area contributed by atoms with E-state index in [9.17, 15) is 0 Å². The quantitative estimate of drug-likeness (QED) is 0.377. The second-order valence-corrected chi connectivity index (χ2v) is 7.87. The predicted octanol–water partition coefficient (Wildman–Crippen LogP) is 4.86. The van der Waals surface area contributed by atoms with Crippen molar-refractivity contribution in [3.05, 3.63) is 54.4 Å². The Hall–Kier alpha value is -2.67.